The maximum absolute atomic E-state index is 12.7. The third-order valence-corrected chi connectivity index (χ3v) is 6.14. The van der Waals surface area contributed by atoms with Gasteiger partial charge in [0.05, 0.1) is 24.2 Å². The zero-order valence-electron chi connectivity index (χ0n) is 16.3. The maximum atomic E-state index is 12.7. The first kappa shape index (κ1) is 22.1. The predicted molar refractivity (Wildman–Crippen MR) is 114 cm³/mol. The van der Waals surface area contributed by atoms with E-state index in [1.54, 1.807) is 29.6 Å². The number of para-hydroxylation sites is 1. The van der Waals surface area contributed by atoms with E-state index in [0.29, 0.717) is 16.9 Å². The second-order valence-corrected chi connectivity index (χ2v) is 9.73. The molecular formula is C19H22N4O5S2. The van der Waals surface area contributed by atoms with Crippen molar-refractivity contribution >= 4 is 49.8 Å². The fraction of sp³-hybridized carbons (Fsp3) is 0.368. The van der Waals surface area contributed by atoms with Gasteiger partial charge in [0, 0.05) is 16.9 Å². The quantitative estimate of drug-likeness (QED) is 0.437. The summed E-state index contributed by atoms with van der Waals surface area (Å²) in [5.74, 6) is -1.93. The maximum Gasteiger partial charge on any atom is 0.315 e. The number of ketones is 1. The summed E-state index contributed by atoms with van der Waals surface area (Å²) in [7, 11) is -3.37. The Hall–Kier alpha value is -2.63. The highest BCUT2D eigenvalue weighted by Crippen LogP contribution is 2.30. The van der Waals surface area contributed by atoms with Gasteiger partial charge >= 0.3 is 11.8 Å². The molecule has 0 aliphatic heterocycles. The molecule has 2 aromatic rings. The summed E-state index contributed by atoms with van der Waals surface area (Å²) in [6.45, 7) is -0.0198. The van der Waals surface area contributed by atoms with Crippen LogP contribution in [0.4, 0.5) is 10.8 Å². The number of aromatic nitrogens is 1. The molecule has 1 aliphatic carbocycles. The fourth-order valence-corrected chi connectivity index (χ4v) is 4.31. The van der Waals surface area contributed by atoms with E-state index in [1.165, 1.54) is 0 Å². The van der Waals surface area contributed by atoms with Crippen LogP contribution in [0.2, 0.25) is 0 Å². The summed E-state index contributed by atoms with van der Waals surface area (Å²) in [5, 5.41) is 6.61. The molecular weight excluding hydrogens is 428 g/mol. The van der Waals surface area contributed by atoms with Crippen molar-refractivity contribution < 1.29 is 22.8 Å². The first-order chi connectivity index (χ1) is 14.2. The van der Waals surface area contributed by atoms with Gasteiger partial charge in [0.15, 0.2) is 10.9 Å². The number of anilines is 2. The molecule has 0 unspecified atom stereocenters. The van der Waals surface area contributed by atoms with Gasteiger partial charge in [0.2, 0.25) is 10.0 Å². The van der Waals surface area contributed by atoms with E-state index < -0.39 is 21.8 Å². The molecule has 3 N–H and O–H groups in total. The summed E-state index contributed by atoms with van der Waals surface area (Å²) < 4.78 is 24.6. The van der Waals surface area contributed by atoms with Crippen LogP contribution in [0.15, 0.2) is 29.6 Å². The molecule has 1 aromatic carbocycles. The standard InChI is InChI=1S/C19H22N4O5S2/c1-30(27,28)20-10-13-11-29-19(21-13)23-18(26)17(25)22-15-9-5-4-8-14(15)16(24)12-6-2-3-7-12/h4-5,8-9,11-12,20H,2-3,6-7,10H2,1H3,(H,22,25)(H,21,23,26). The highest BCUT2D eigenvalue weighted by atomic mass is 32.2. The van der Waals surface area contributed by atoms with Crippen LogP contribution in [0, 0.1) is 5.92 Å². The highest BCUT2D eigenvalue weighted by molar-refractivity contribution is 7.88. The number of benzene rings is 1. The third-order valence-electron chi connectivity index (χ3n) is 4.66. The molecule has 1 saturated carbocycles. The first-order valence-electron chi connectivity index (χ1n) is 9.37. The Bertz CT molecular complexity index is 1060. The summed E-state index contributed by atoms with van der Waals surface area (Å²) >= 11 is 1.07. The molecule has 2 amide bonds. The minimum atomic E-state index is -3.37. The number of nitrogens with zero attached hydrogens (tertiary/aromatic N) is 1. The molecule has 0 saturated heterocycles. The lowest BCUT2D eigenvalue weighted by molar-refractivity contribution is -0.133. The van der Waals surface area contributed by atoms with Crippen LogP contribution in [-0.2, 0) is 26.2 Å². The SMILES string of the molecule is CS(=O)(=O)NCc1csc(NC(=O)C(=O)Nc2ccccc2C(=O)C2CCCC2)n1. The van der Waals surface area contributed by atoms with E-state index in [2.05, 4.69) is 20.3 Å². The van der Waals surface area contributed by atoms with Crippen molar-refractivity contribution in [2.24, 2.45) is 5.92 Å². The third kappa shape index (κ3) is 5.94. The van der Waals surface area contributed by atoms with Gasteiger partial charge in [-0.05, 0) is 25.0 Å². The molecule has 1 aliphatic rings. The van der Waals surface area contributed by atoms with Gasteiger partial charge in [-0.2, -0.15) is 0 Å². The number of hydrogen-bond acceptors (Lipinski definition) is 7. The van der Waals surface area contributed by atoms with Crippen molar-refractivity contribution in [3.63, 3.8) is 0 Å². The van der Waals surface area contributed by atoms with Crippen molar-refractivity contribution in [1.82, 2.24) is 9.71 Å². The van der Waals surface area contributed by atoms with Crippen LogP contribution in [0.1, 0.15) is 41.7 Å². The minimum Gasteiger partial charge on any atom is -0.317 e. The molecule has 11 heteroatoms. The van der Waals surface area contributed by atoms with Gasteiger partial charge in [-0.15, -0.1) is 11.3 Å². The summed E-state index contributed by atoms with van der Waals surface area (Å²) in [5.41, 5.74) is 1.11. The molecule has 30 heavy (non-hydrogen) atoms. The smallest absolute Gasteiger partial charge is 0.315 e. The van der Waals surface area contributed by atoms with Gasteiger partial charge in [-0.3, -0.25) is 19.7 Å². The second-order valence-electron chi connectivity index (χ2n) is 7.04. The number of carbonyl (C=O) groups is 3. The van der Waals surface area contributed by atoms with Crippen LogP contribution in [0.3, 0.4) is 0 Å². The fourth-order valence-electron chi connectivity index (χ4n) is 3.20. The molecule has 1 fully saturated rings. The zero-order chi connectivity index (χ0) is 21.7. The number of amides is 2. The number of hydrogen-bond donors (Lipinski definition) is 3. The zero-order valence-corrected chi connectivity index (χ0v) is 17.9. The molecule has 1 aromatic heterocycles. The van der Waals surface area contributed by atoms with Crippen LogP contribution >= 0.6 is 11.3 Å². The largest absolute Gasteiger partial charge is 0.317 e. The monoisotopic (exact) mass is 450 g/mol. The van der Waals surface area contributed by atoms with E-state index in [-0.39, 0.29) is 23.4 Å². The van der Waals surface area contributed by atoms with Gasteiger partial charge in [-0.1, -0.05) is 25.0 Å². The molecule has 0 atom stereocenters. The summed E-state index contributed by atoms with van der Waals surface area (Å²) in [6.07, 6.45) is 4.73. The molecule has 9 nitrogen and oxygen atoms in total. The average Bonchev–Trinajstić information content (AvgIpc) is 3.38. The minimum absolute atomic E-state index is 0.0198. The van der Waals surface area contributed by atoms with Gasteiger partial charge in [0.25, 0.3) is 0 Å². The molecule has 160 valence electrons. The highest BCUT2D eigenvalue weighted by Gasteiger charge is 2.26. The molecule has 0 spiro atoms. The number of rotatable bonds is 7. The predicted octanol–water partition coefficient (Wildman–Crippen LogP) is 2.14. The number of thiazole rings is 1. The second kappa shape index (κ2) is 9.45. The van der Waals surface area contributed by atoms with Crippen LogP contribution in [0.25, 0.3) is 0 Å². The number of carbonyl (C=O) groups excluding carboxylic acids is 3. The Morgan fingerprint density at radius 2 is 1.77 bits per heavy atom. The lowest BCUT2D eigenvalue weighted by atomic mass is 9.95. The summed E-state index contributed by atoms with van der Waals surface area (Å²) in [6, 6.07) is 6.64. The number of nitrogens with one attached hydrogen (secondary N) is 3. The van der Waals surface area contributed by atoms with Crippen molar-refractivity contribution in [2.45, 2.75) is 32.2 Å². The van der Waals surface area contributed by atoms with E-state index in [0.717, 1.165) is 43.3 Å². The van der Waals surface area contributed by atoms with Crippen molar-refractivity contribution in [3.8, 4) is 0 Å². The Labute approximate surface area is 178 Å². The number of sulfonamides is 1. The normalized spacial score (nSPS) is 14.4. The van der Waals surface area contributed by atoms with Gasteiger partial charge < -0.3 is 5.32 Å². The molecule has 0 radical (unpaired) electrons. The molecule has 3 rings (SSSR count). The Morgan fingerprint density at radius 3 is 2.47 bits per heavy atom. The van der Waals surface area contributed by atoms with Crippen LogP contribution < -0.4 is 15.4 Å². The van der Waals surface area contributed by atoms with E-state index in [9.17, 15) is 22.8 Å². The van der Waals surface area contributed by atoms with E-state index >= 15 is 0 Å². The van der Waals surface area contributed by atoms with E-state index in [4.69, 9.17) is 0 Å². The Kier molecular flexibility index (Phi) is 6.95. The topological polar surface area (TPSA) is 134 Å². The lowest BCUT2D eigenvalue weighted by Crippen LogP contribution is -2.30. The van der Waals surface area contributed by atoms with Gasteiger partial charge in [-0.25, -0.2) is 18.1 Å². The summed E-state index contributed by atoms with van der Waals surface area (Å²) in [4.78, 5) is 41.4. The molecule has 0 bridgehead atoms. The van der Waals surface area contributed by atoms with Crippen LogP contribution in [-0.4, -0.2) is 37.3 Å². The lowest BCUT2D eigenvalue weighted by Gasteiger charge is -2.13. The van der Waals surface area contributed by atoms with Crippen molar-refractivity contribution in [1.29, 1.82) is 0 Å². The average molecular weight is 451 g/mol. The number of Topliss-reactive ketones (excluding diaryl/α,β-unsaturated/α-hetero) is 1. The van der Waals surface area contributed by atoms with Gasteiger partial charge in [0.1, 0.15) is 0 Å². The Morgan fingerprint density at radius 1 is 1.10 bits per heavy atom. The van der Waals surface area contributed by atoms with Crippen LogP contribution in [0.5, 0.6) is 0 Å². The van der Waals surface area contributed by atoms with Crippen molar-refractivity contribution in [2.75, 3.05) is 16.9 Å². The first-order valence-corrected chi connectivity index (χ1v) is 12.1. The Balaban J connectivity index is 1.62. The molecule has 1 heterocycles. The van der Waals surface area contributed by atoms with E-state index in [1.807, 2.05) is 0 Å². The van der Waals surface area contributed by atoms with Crippen molar-refractivity contribution in [3.05, 3.63) is 40.9 Å².